The smallest absolute Gasteiger partial charge is 0.204 e. The van der Waals surface area contributed by atoms with Gasteiger partial charge < -0.3 is 15.4 Å². The highest BCUT2D eigenvalue weighted by atomic mass is 35.5. The molecule has 2 rings (SSSR count). The second kappa shape index (κ2) is 5.55. The summed E-state index contributed by atoms with van der Waals surface area (Å²) in [6, 6.07) is 7.33. The molecule has 0 amide bonds. The number of halogens is 1. The van der Waals surface area contributed by atoms with Gasteiger partial charge in [0.2, 0.25) is 5.75 Å². The van der Waals surface area contributed by atoms with Gasteiger partial charge in [-0.05, 0) is 24.3 Å². The summed E-state index contributed by atoms with van der Waals surface area (Å²) in [4.78, 5) is 8.23. The van der Waals surface area contributed by atoms with Crippen LogP contribution in [0.2, 0.25) is 5.02 Å². The lowest BCUT2D eigenvalue weighted by molar-refractivity contribution is 0.415. The second-order valence-corrected chi connectivity index (χ2v) is 3.92. The number of anilines is 3. The van der Waals surface area contributed by atoms with Gasteiger partial charge in [0.1, 0.15) is 6.33 Å². The van der Waals surface area contributed by atoms with Gasteiger partial charge in [0, 0.05) is 17.8 Å². The van der Waals surface area contributed by atoms with Crippen molar-refractivity contribution in [1.29, 1.82) is 0 Å². The van der Waals surface area contributed by atoms with Crippen LogP contribution in [0.3, 0.4) is 0 Å². The molecule has 0 radical (unpaired) electrons. The maximum Gasteiger partial charge on any atom is 0.204 e. The minimum atomic E-state index is 0.565. The maximum absolute atomic E-state index is 5.83. The number of nitrogens with one attached hydrogen (secondary N) is 2. The molecule has 2 aromatic rings. The maximum atomic E-state index is 5.83. The van der Waals surface area contributed by atoms with E-state index in [1.807, 2.05) is 12.1 Å². The van der Waals surface area contributed by atoms with Crippen molar-refractivity contribution in [3.8, 4) is 5.75 Å². The summed E-state index contributed by atoms with van der Waals surface area (Å²) in [7, 11) is 3.35. The molecule has 6 heteroatoms. The molecule has 2 N–H and O–H groups in total. The Kier molecular flexibility index (Phi) is 3.84. The molecule has 0 atom stereocenters. The third-order valence-corrected chi connectivity index (χ3v) is 2.60. The van der Waals surface area contributed by atoms with Crippen molar-refractivity contribution in [3.63, 3.8) is 0 Å². The van der Waals surface area contributed by atoms with Crippen molar-refractivity contribution in [1.82, 2.24) is 9.97 Å². The predicted molar refractivity (Wildman–Crippen MR) is 72.9 cm³/mol. The Bertz CT molecular complexity index is 530. The average molecular weight is 265 g/mol. The molecule has 94 valence electrons. The van der Waals surface area contributed by atoms with Crippen molar-refractivity contribution in [2.45, 2.75) is 0 Å². The molecule has 0 aliphatic rings. The molecular weight excluding hydrogens is 252 g/mol. The Morgan fingerprint density at radius 1 is 1.11 bits per heavy atom. The molecule has 0 saturated heterocycles. The van der Waals surface area contributed by atoms with E-state index < -0.39 is 0 Å². The Morgan fingerprint density at radius 3 is 2.39 bits per heavy atom. The zero-order valence-corrected chi connectivity index (χ0v) is 10.8. The second-order valence-electron chi connectivity index (χ2n) is 3.49. The number of nitrogens with zero attached hydrogens (tertiary/aromatic N) is 2. The van der Waals surface area contributed by atoms with E-state index in [2.05, 4.69) is 20.6 Å². The molecule has 0 bridgehead atoms. The fourth-order valence-electron chi connectivity index (χ4n) is 1.50. The van der Waals surface area contributed by atoms with E-state index in [0.29, 0.717) is 22.4 Å². The lowest BCUT2D eigenvalue weighted by Gasteiger charge is -2.12. The standard InChI is InChI=1S/C12H13ClN4O/c1-14-11-10(18-2)12(16-7-15-11)17-9-5-3-8(13)4-6-9/h3-7H,1-2H3,(H2,14,15,16,17). The van der Waals surface area contributed by atoms with E-state index in [1.165, 1.54) is 6.33 Å². The molecule has 0 aliphatic carbocycles. The van der Waals surface area contributed by atoms with E-state index in [4.69, 9.17) is 16.3 Å². The molecule has 0 saturated carbocycles. The van der Waals surface area contributed by atoms with Gasteiger partial charge in [-0.1, -0.05) is 11.6 Å². The van der Waals surface area contributed by atoms with Crippen LogP contribution in [-0.2, 0) is 0 Å². The van der Waals surface area contributed by atoms with E-state index >= 15 is 0 Å². The van der Waals surface area contributed by atoms with Gasteiger partial charge in [0.15, 0.2) is 11.6 Å². The fraction of sp³-hybridized carbons (Fsp3) is 0.167. The van der Waals surface area contributed by atoms with E-state index in [1.54, 1.807) is 26.3 Å². The zero-order chi connectivity index (χ0) is 13.0. The number of hydrogen-bond acceptors (Lipinski definition) is 5. The van der Waals surface area contributed by atoms with Crippen LogP contribution < -0.4 is 15.4 Å². The molecule has 1 heterocycles. The number of ether oxygens (including phenoxy) is 1. The van der Waals surface area contributed by atoms with E-state index in [-0.39, 0.29) is 0 Å². The van der Waals surface area contributed by atoms with Crippen LogP contribution in [-0.4, -0.2) is 24.1 Å². The number of hydrogen-bond donors (Lipinski definition) is 2. The van der Waals surface area contributed by atoms with Crippen molar-refractivity contribution in [2.24, 2.45) is 0 Å². The summed E-state index contributed by atoms with van der Waals surface area (Å²) in [5.74, 6) is 1.79. The molecule has 1 aromatic carbocycles. The fourth-order valence-corrected chi connectivity index (χ4v) is 1.63. The van der Waals surface area contributed by atoms with Crippen LogP contribution in [0.5, 0.6) is 5.75 Å². The Labute approximate surface area is 110 Å². The number of benzene rings is 1. The topological polar surface area (TPSA) is 59.1 Å². The molecule has 0 aliphatic heterocycles. The zero-order valence-electron chi connectivity index (χ0n) is 10.1. The van der Waals surface area contributed by atoms with Gasteiger partial charge in [-0.15, -0.1) is 0 Å². The van der Waals surface area contributed by atoms with Crippen LogP contribution in [0.1, 0.15) is 0 Å². The Balaban J connectivity index is 2.31. The van der Waals surface area contributed by atoms with Crippen molar-refractivity contribution < 1.29 is 4.74 Å². The van der Waals surface area contributed by atoms with Gasteiger partial charge in [0.25, 0.3) is 0 Å². The Hall–Kier alpha value is -2.01. The van der Waals surface area contributed by atoms with Crippen molar-refractivity contribution in [2.75, 3.05) is 24.8 Å². The van der Waals surface area contributed by atoms with Crippen LogP contribution >= 0.6 is 11.6 Å². The minimum Gasteiger partial charge on any atom is -0.490 e. The molecule has 0 fully saturated rings. The normalized spacial score (nSPS) is 9.94. The quantitative estimate of drug-likeness (QED) is 0.889. The largest absolute Gasteiger partial charge is 0.490 e. The average Bonchev–Trinajstić information content (AvgIpc) is 2.41. The van der Waals surface area contributed by atoms with Gasteiger partial charge in [0.05, 0.1) is 7.11 Å². The number of aromatic nitrogens is 2. The van der Waals surface area contributed by atoms with E-state index in [9.17, 15) is 0 Å². The summed E-state index contributed by atoms with van der Waals surface area (Å²) in [5.41, 5.74) is 0.874. The summed E-state index contributed by atoms with van der Waals surface area (Å²) in [6.45, 7) is 0. The van der Waals surface area contributed by atoms with Crippen LogP contribution in [0.15, 0.2) is 30.6 Å². The Morgan fingerprint density at radius 2 is 1.78 bits per heavy atom. The minimum absolute atomic E-state index is 0.565. The van der Waals surface area contributed by atoms with Gasteiger partial charge in [-0.25, -0.2) is 9.97 Å². The van der Waals surface area contributed by atoms with Crippen LogP contribution in [0.4, 0.5) is 17.3 Å². The predicted octanol–water partition coefficient (Wildman–Crippen LogP) is 2.92. The number of methoxy groups -OCH3 is 1. The highest BCUT2D eigenvalue weighted by Crippen LogP contribution is 2.30. The van der Waals surface area contributed by atoms with Gasteiger partial charge in [-0.2, -0.15) is 0 Å². The third kappa shape index (κ3) is 2.62. The first-order valence-corrected chi connectivity index (χ1v) is 5.71. The monoisotopic (exact) mass is 264 g/mol. The summed E-state index contributed by atoms with van der Waals surface area (Å²) < 4.78 is 5.29. The molecule has 18 heavy (non-hydrogen) atoms. The molecule has 0 unspecified atom stereocenters. The van der Waals surface area contributed by atoms with Crippen LogP contribution in [0.25, 0.3) is 0 Å². The van der Waals surface area contributed by atoms with E-state index in [0.717, 1.165) is 5.69 Å². The highest BCUT2D eigenvalue weighted by molar-refractivity contribution is 6.30. The molecular formula is C12H13ClN4O. The number of rotatable bonds is 4. The first kappa shape index (κ1) is 12.4. The van der Waals surface area contributed by atoms with Gasteiger partial charge >= 0.3 is 0 Å². The first-order valence-electron chi connectivity index (χ1n) is 5.34. The first-order chi connectivity index (χ1) is 8.74. The molecule has 1 aromatic heterocycles. The summed E-state index contributed by atoms with van der Waals surface area (Å²) >= 11 is 5.83. The lowest BCUT2D eigenvalue weighted by atomic mass is 10.3. The van der Waals surface area contributed by atoms with Crippen LogP contribution in [0, 0.1) is 0 Å². The molecule has 0 spiro atoms. The van der Waals surface area contributed by atoms with Gasteiger partial charge in [-0.3, -0.25) is 0 Å². The lowest BCUT2D eigenvalue weighted by Crippen LogP contribution is -2.03. The SMILES string of the molecule is CNc1ncnc(Nc2ccc(Cl)cc2)c1OC. The summed E-state index contributed by atoms with van der Waals surface area (Å²) in [5, 5.41) is 6.78. The molecule has 5 nitrogen and oxygen atoms in total. The highest BCUT2D eigenvalue weighted by Gasteiger charge is 2.10. The third-order valence-electron chi connectivity index (χ3n) is 2.35. The summed E-state index contributed by atoms with van der Waals surface area (Å²) in [6.07, 6.45) is 1.46. The van der Waals surface area contributed by atoms with Crippen molar-refractivity contribution >= 4 is 28.9 Å². The van der Waals surface area contributed by atoms with Crippen molar-refractivity contribution in [3.05, 3.63) is 35.6 Å².